The maximum atomic E-state index is 14.1. The van der Waals surface area contributed by atoms with E-state index in [4.69, 9.17) is 9.47 Å². The van der Waals surface area contributed by atoms with Gasteiger partial charge in [0.1, 0.15) is 5.75 Å². The largest absolute Gasteiger partial charge is 0.497 e. The molecule has 0 aliphatic heterocycles. The molecule has 4 heteroatoms. The molecule has 0 aromatic heterocycles. The van der Waals surface area contributed by atoms with Gasteiger partial charge in [0.2, 0.25) is 0 Å². The summed E-state index contributed by atoms with van der Waals surface area (Å²) in [7, 11) is 3.08. The van der Waals surface area contributed by atoms with Crippen molar-refractivity contribution in [3.63, 3.8) is 0 Å². The average Bonchev–Trinajstić information content (AvgIpc) is 2.49. The summed E-state index contributed by atoms with van der Waals surface area (Å²) in [4.78, 5) is 0. The number of halogens is 2. The molecule has 2 aromatic carbocycles. The Kier molecular flexibility index (Phi) is 4.69. The quantitative estimate of drug-likeness (QED) is 0.827. The van der Waals surface area contributed by atoms with Crippen molar-refractivity contribution in [3.05, 3.63) is 53.6 Å². The highest BCUT2D eigenvalue weighted by Gasteiger charge is 2.14. The smallest absolute Gasteiger partial charge is 0.166 e. The Morgan fingerprint density at radius 3 is 2.20 bits per heavy atom. The third-order valence-corrected chi connectivity index (χ3v) is 3.14. The molecule has 0 unspecified atom stereocenters. The summed E-state index contributed by atoms with van der Waals surface area (Å²) in [5.74, 6) is -0.967. The van der Waals surface area contributed by atoms with Gasteiger partial charge in [0, 0.05) is 12.7 Å². The van der Waals surface area contributed by atoms with Gasteiger partial charge in [0.15, 0.2) is 11.6 Å². The van der Waals surface area contributed by atoms with Gasteiger partial charge < -0.3 is 9.47 Å². The number of hydrogen-bond donors (Lipinski definition) is 0. The fraction of sp³-hybridized carbons (Fsp3) is 0.250. The molecule has 0 aliphatic rings. The normalized spacial score (nSPS) is 10.6. The highest BCUT2D eigenvalue weighted by atomic mass is 19.2. The van der Waals surface area contributed by atoms with Gasteiger partial charge in [-0.05, 0) is 29.7 Å². The summed E-state index contributed by atoms with van der Waals surface area (Å²) in [5.41, 5.74) is 1.17. The summed E-state index contributed by atoms with van der Waals surface area (Å²) in [6, 6.07) is 10.0. The minimum atomic E-state index is -0.830. The number of rotatable bonds is 5. The van der Waals surface area contributed by atoms with Gasteiger partial charge in [0.25, 0.3) is 0 Å². The first kappa shape index (κ1) is 14.5. The molecule has 0 atom stereocenters. The zero-order chi connectivity index (χ0) is 14.5. The zero-order valence-corrected chi connectivity index (χ0v) is 11.5. The van der Waals surface area contributed by atoms with Crippen LogP contribution in [0.1, 0.15) is 5.56 Å². The second kappa shape index (κ2) is 6.48. The van der Waals surface area contributed by atoms with Crippen molar-refractivity contribution >= 4 is 0 Å². The van der Waals surface area contributed by atoms with Gasteiger partial charge in [-0.2, -0.15) is 0 Å². The molecule has 0 heterocycles. The second-order valence-corrected chi connectivity index (χ2v) is 4.37. The first-order valence-electron chi connectivity index (χ1n) is 6.27. The molecule has 0 N–H and O–H groups in total. The predicted molar refractivity (Wildman–Crippen MR) is 73.9 cm³/mol. The standard InChI is InChI=1S/C16H16F2O2/c1-19-10-9-12-5-8-14(16(18)15(12)17)11-3-6-13(20-2)7-4-11/h3-8H,9-10H2,1-2H3. The van der Waals surface area contributed by atoms with E-state index in [0.29, 0.717) is 29.9 Å². The van der Waals surface area contributed by atoms with Crippen LogP contribution in [0, 0.1) is 11.6 Å². The van der Waals surface area contributed by atoms with Crippen LogP contribution < -0.4 is 4.74 Å². The van der Waals surface area contributed by atoms with Gasteiger partial charge in [-0.1, -0.05) is 24.3 Å². The van der Waals surface area contributed by atoms with Crippen LogP contribution in [0.2, 0.25) is 0 Å². The van der Waals surface area contributed by atoms with Crippen molar-refractivity contribution in [2.24, 2.45) is 0 Å². The van der Waals surface area contributed by atoms with Gasteiger partial charge in [-0.25, -0.2) is 8.78 Å². The molecular formula is C16H16F2O2. The minimum absolute atomic E-state index is 0.242. The van der Waals surface area contributed by atoms with Crippen molar-refractivity contribution in [2.75, 3.05) is 20.8 Å². The Bertz CT molecular complexity index is 580. The van der Waals surface area contributed by atoms with Crippen LogP contribution >= 0.6 is 0 Å². The number of ether oxygens (including phenoxy) is 2. The summed E-state index contributed by atoms with van der Waals surface area (Å²) < 4.78 is 38.0. The lowest BCUT2D eigenvalue weighted by atomic mass is 10.0. The molecule has 106 valence electrons. The lowest BCUT2D eigenvalue weighted by molar-refractivity contribution is 0.201. The Hall–Kier alpha value is -1.94. The predicted octanol–water partition coefficient (Wildman–Crippen LogP) is 3.83. The van der Waals surface area contributed by atoms with E-state index < -0.39 is 11.6 Å². The van der Waals surface area contributed by atoms with Gasteiger partial charge in [-0.15, -0.1) is 0 Å². The van der Waals surface area contributed by atoms with Crippen LogP contribution in [0.4, 0.5) is 8.78 Å². The maximum absolute atomic E-state index is 14.1. The third-order valence-electron chi connectivity index (χ3n) is 3.14. The third kappa shape index (κ3) is 2.96. The first-order valence-corrected chi connectivity index (χ1v) is 6.27. The number of hydrogen-bond acceptors (Lipinski definition) is 2. The van der Waals surface area contributed by atoms with Crippen molar-refractivity contribution in [1.29, 1.82) is 0 Å². The SMILES string of the molecule is COCCc1ccc(-c2ccc(OC)cc2)c(F)c1F. The Morgan fingerprint density at radius 2 is 1.60 bits per heavy atom. The molecule has 0 saturated carbocycles. The van der Waals surface area contributed by atoms with Crippen LogP contribution in [-0.4, -0.2) is 20.8 Å². The van der Waals surface area contributed by atoms with E-state index in [1.54, 1.807) is 43.5 Å². The maximum Gasteiger partial charge on any atom is 0.166 e. The molecule has 0 aliphatic carbocycles. The lowest BCUT2D eigenvalue weighted by Crippen LogP contribution is -2.01. The fourth-order valence-electron chi connectivity index (χ4n) is 1.99. The van der Waals surface area contributed by atoms with E-state index in [-0.39, 0.29) is 5.56 Å². The van der Waals surface area contributed by atoms with Gasteiger partial charge >= 0.3 is 0 Å². The summed E-state index contributed by atoms with van der Waals surface area (Å²) in [6.45, 7) is 0.359. The Labute approximate surface area is 117 Å². The molecule has 20 heavy (non-hydrogen) atoms. The second-order valence-electron chi connectivity index (χ2n) is 4.37. The Balaban J connectivity index is 2.34. The molecule has 0 bridgehead atoms. The van der Waals surface area contributed by atoms with Gasteiger partial charge in [0.05, 0.1) is 13.7 Å². The van der Waals surface area contributed by atoms with Crippen LogP contribution in [0.3, 0.4) is 0 Å². The molecule has 0 spiro atoms. The van der Waals surface area contributed by atoms with Crippen molar-refractivity contribution in [1.82, 2.24) is 0 Å². The van der Waals surface area contributed by atoms with E-state index in [0.717, 1.165) is 0 Å². The van der Waals surface area contributed by atoms with Crippen molar-refractivity contribution in [3.8, 4) is 16.9 Å². The van der Waals surface area contributed by atoms with E-state index in [2.05, 4.69) is 0 Å². The zero-order valence-electron chi connectivity index (χ0n) is 11.5. The highest BCUT2D eigenvalue weighted by Crippen LogP contribution is 2.28. The van der Waals surface area contributed by atoms with Crippen molar-refractivity contribution < 1.29 is 18.3 Å². The minimum Gasteiger partial charge on any atom is -0.497 e. The molecule has 0 amide bonds. The fourth-order valence-corrected chi connectivity index (χ4v) is 1.99. The van der Waals surface area contributed by atoms with Crippen LogP contribution in [-0.2, 0) is 11.2 Å². The van der Waals surface area contributed by atoms with Crippen LogP contribution in [0.15, 0.2) is 36.4 Å². The van der Waals surface area contributed by atoms with E-state index in [1.165, 1.54) is 7.11 Å². The first-order chi connectivity index (χ1) is 9.67. The summed E-state index contributed by atoms with van der Waals surface area (Å²) in [6.07, 6.45) is 0.349. The summed E-state index contributed by atoms with van der Waals surface area (Å²) in [5, 5.41) is 0. The number of benzene rings is 2. The topological polar surface area (TPSA) is 18.5 Å². The number of methoxy groups -OCH3 is 2. The molecule has 2 nitrogen and oxygen atoms in total. The average molecular weight is 278 g/mol. The van der Waals surface area contributed by atoms with Crippen LogP contribution in [0.25, 0.3) is 11.1 Å². The lowest BCUT2D eigenvalue weighted by Gasteiger charge is -2.09. The molecule has 0 fully saturated rings. The molecule has 0 saturated heterocycles. The van der Waals surface area contributed by atoms with E-state index in [9.17, 15) is 8.78 Å². The monoisotopic (exact) mass is 278 g/mol. The van der Waals surface area contributed by atoms with E-state index in [1.807, 2.05) is 0 Å². The molecule has 0 radical (unpaired) electrons. The molecule has 2 rings (SSSR count). The summed E-state index contributed by atoms with van der Waals surface area (Å²) >= 11 is 0. The molecular weight excluding hydrogens is 262 g/mol. The van der Waals surface area contributed by atoms with Crippen LogP contribution in [0.5, 0.6) is 5.75 Å². The highest BCUT2D eigenvalue weighted by molar-refractivity contribution is 5.65. The van der Waals surface area contributed by atoms with E-state index >= 15 is 0 Å². The molecule has 2 aromatic rings. The van der Waals surface area contributed by atoms with Gasteiger partial charge in [-0.3, -0.25) is 0 Å². The Morgan fingerprint density at radius 1 is 0.900 bits per heavy atom. The van der Waals surface area contributed by atoms with Crippen molar-refractivity contribution in [2.45, 2.75) is 6.42 Å².